The number of benzene rings is 1. The summed E-state index contributed by atoms with van der Waals surface area (Å²) in [6.45, 7) is 0.464. The van der Waals surface area contributed by atoms with E-state index in [1.165, 1.54) is 0 Å². The lowest BCUT2D eigenvalue weighted by Crippen LogP contribution is -2.26. The van der Waals surface area contributed by atoms with Crippen LogP contribution in [0.3, 0.4) is 0 Å². The predicted octanol–water partition coefficient (Wildman–Crippen LogP) is 1.34. The number of ether oxygens (including phenoxy) is 1. The number of aliphatic hydroxyl groups is 1. The van der Waals surface area contributed by atoms with Gasteiger partial charge in [0.2, 0.25) is 15.9 Å². The largest absolute Gasteiger partial charge is 0.477 e. The summed E-state index contributed by atoms with van der Waals surface area (Å²) < 4.78 is 31.8. The normalized spacial score (nSPS) is 14.1. The van der Waals surface area contributed by atoms with Crippen molar-refractivity contribution in [3.05, 3.63) is 42.1 Å². The van der Waals surface area contributed by atoms with Crippen molar-refractivity contribution in [1.29, 1.82) is 0 Å². The highest BCUT2D eigenvalue weighted by Crippen LogP contribution is 2.28. The Balaban J connectivity index is 1.85. The van der Waals surface area contributed by atoms with Gasteiger partial charge in [-0.15, -0.1) is 0 Å². The third-order valence-electron chi connectivity index (χ3n) is 3.66. The van der Waals surface area contributed by atoms with E-state index in [-0.39, 0.29) is 18.0 Å². The second-order valence-electron chi connectivity index (χ2n) is 5.29. The van der Waals surface area contributed by atoms with Crippen LogP contribution in [-0.4, -0.2) is 38.3 Å². The highest BCUT2D eigenvalue weighted by atomic mass is 32.2. The molecular weight excluding hydrogens is 316 g/mol. The Bertz CT molecular complexity index is 788. The lowest BCUT2D eigenvalue weighted by molar-refractivity contribution is 0.276. The van der Waals surface area contributed by atoms with Gasteiger partial charge in [0.25, 0.3) is 0 Å². The van der Waals surface area contributed by atoms with Crippen LogP contribution in [-0.2, 0) is 16.4 Å². The molecule has 1 aromatic carbocycles. The third kappa shape index (κ3) is 3.52. The van der Waals surface area contributed by atoms with Crippen molar-refractivity contribution < 1.29 is 18.3 Å². The number of sulfonamides is 1. The van der Waals surface area contributed by atoms with E-state index in [0.29, 0.717) is 12.5 Å². The van der Waals surface area contributed by atoms with E-state index in [1.54, 1.807) is 30.5 Å². The van der Waals surface area contributed by atoms with Crippen LogP contribution >= 0.6 is 0 Å². The average molecular weight is 334 g/mol. The number of hydrogen-bond acceptors (Lipinski definition) is 5. The molecule has 6 nitrogen and oxygen atoms in total. The molecule has 1 aliphatic heterocycles. The molecule has 3 rings (SSSR count). The fraction of sp³-hybridized carbons (Fsp3) is 0.312. The number of pyridine rings is 1. The molecule has 2 aromatic rings. The molecule has 2 heterocycles. The maximum Gasteiger partial charge on any atom is 0.240 e. The van der Waals surface area contributed by atoms with Crippen LogP contribution < -0.4 is 9.46 Å². The van der Waals surface area contributed by atoms with Crippen LogP contribution in [0, 0.1) is 0 Å². The summed E-state index contributed by atoms with van der Waals surface area (Å²) >= 11 is 0. The van der Waals surface area contributed by atoms with Gasteiger partial charge >= 0.3 is 0 Å². The third-order valence-corrected chi connectivity index (χ3v) is 5.13. The van der Waals surface area contributed by atoms with Crippen LogP contribution in [0.4, 0.5) is 0 Å². The van der Waals surface area contributed by atoms with Crippen LogP contribution in [0.15, 0.2) is 41.4 Å². The van der Waals surface area contributed by atoms with Gasteiger partial charge in [0.15, 0.2) is 0 Å². The molecule has 0 saturated carbocycles. The first-order valence-electron chi connectivity index (χ1n) is 7.43. The van der Waals surface area contributed by atoms with Crippen molar-refractivity contribution in [3.8, 4) is 17.0 Å². The zero-order valence-electron chi connectivity index (χ0n) is 12.5. The van der Waals surface area contributed by atoms with Crippen LogP contribution in [0.1, 0.15) is 12.0 Å². The molecule has 0 radical (unpaired) electrons. The molecule has 2 N–H and O–H groups in total. The Morgan fingerprint density at radius 2 is 2.00 bits per heavy atom. The van der Waals surface area contributed by atoms with Gasteiger partial charge in [-0.05, 0) is 36.6 Å². The van der Waals surface area contributed by atoms with Crippen molar-refractivity contribution in [1.82, 2.24) is 9.71 Å². The monoisotopic (exact) mass is 334 g/mol. The van der Waals surface area contributed by atoms with Gasteiger partial charge in [0.05, 0.1) is 18.1 Å². The van der Waals surface area contributed by atoms with E-state index in [4.69, 9.17) is 9.84 Å². The van der Waals surface area contributed by atoms with Gasteiger partial charge < -0.3 is 9.84 Å². The van der Waals surface area contributed by atoms with Gasteiger partial charge in [0, 0.05) is 23.9 Å². The molecule has 0 unspecified atom stereocenters. The number of nitrogens with zero attached hydrogens (tertiary/aromatic N) is 1. The van der Waals surface area contributed by atoms with Crippen molar-refractivity contribution in [3.63, 3.8) is 0 Å². The Kier molecular flexibility index (Phi) is 4.61. The molecular formula is C16H18N2O4S. The molecule has 1 aromatic heterocycles. The SMILES string of the molecule is O=S(=O)(NCCO)c1ccc(-c2cnc3c(c2)CCCO3)cc1. The smallest absolute Gasteiger partial charge is 0.240 e. The van der Waals surface area contributed by atoms with Gasteiger partial charge in [-0.2, -0.15) is 0 Å². The van der Waals surface area contributed by atoms with E-state index in [2.05, 4.69) is 9.71 Å². The van der Waals surface area contributed by atoms with Crippen molar-refractivity contribution in [2.24, 2.45) is 0 Å². The van der Waals surface area contributed by atoms with Crippen molar-refractivity contribution >= 4 is 10.0 Å². The summed E-state index contributed by atoms with van der Waals surface area (Å²) in [4.78, 5) is 4.50. The summed E-state index contributed by atoms with van der Waals surface area (Å²) in [6, 6.07) is 8.63. The number of fused-ring (bicyclic) bond motifs is 1. The van der Waals surface area contributed by atoms with Crippen LogP contribution in [0.25, 0.3) is 11.1 Å². The highest BCUT2D eigenvalue weighted by Gasteiger charge is 2.15. The minimum Gasteiger partial charge on any atom is -0.477 e. The molecule has 1 aliphatic rings. The zero-order valence-corrected chi connectivity index (χ0v) is 13.3. The lowest BCUT2D eigenvalue weighted by Gasteiger charge is -2.16. The predicted molar refractivity (Wildman–Crippen MR) is 85.8 cm³/mol. The van der Waals surface area contributed by atoms with E-state index in [1.807, 2.05) is 6.07 Å². The molecule has 122 valence electrons. The topological polar surface area (TPSA) is 88.5 Å². The summed E-state index contributed by atoms with van der Waals surface area (Å²) in [7, 11) is -3.58. The van der Waals surface area contributed by atoms with Crippen LogP contribution in [0.2, 0.25) is 0 Å². The summed E-state index contributed by atoms with van der Waals surface area (Å²) in [5.74, 6) is 0.687. The first-order valence-corrected chi connectivity index (χ1v) is 8.91. The van der Waals surface area contributed by atoms with E-state index < -0.39 is 10.0 Å². The Morgan fingerprint density at radius 3 is 2.74 bits per heavy atom. The maximum absolute atomic E-state index is 12.0. The van der Waals surface area contributed by atoms with Gasteiger partial charge in [0.1, 0.15) is 0 Å². The molecule has 0 atom stereocenters. The maximum atomic E-state index is 12.0. The van der Waals surface area contributed by atoms with Crippen molar-refractivity contribution in [2.75, 3.05) is 19.8 Å². The van der Waals surface area contributed by atoms with Gasteiger partial charge in [-0.25, -0.2) is 18.1 Å². The van der Waals surface area contributed by atoms with Gasteiger partial charge in [-0.3, -0.25) is 0 Å². The summed E-state index contributed by atoms with van der Waals surface area (Å²) in [5, 5.41) is 8.72. The Labute approximate surface area is 135 Å². The number of aliphatic hydroxyl groups excluding tert-OH is 1. The molecule has 0 saturated heterocycles. The summed E-state index contributed by atoms with van der Waals surface area (Å²) in [6.07, 6.45) is 3.65. The van der Waals surface area contributed by atoms with Crippen molar-refractivity contribution in [2.45, 2.75) is 17.7 Å². The molecule has 0 amide bonds. The first-order chi connectivity index (χ1) is 11.1. The number of hydrogen-bond donors (Lipinski definition) is 2. The van der Waals surface area contributed by atoms with E-state index in [0.717, 1.165) is 29.5 Å². The molecule has 0 fully saturated rings. The molecule has 23 heavy (non-hydrogen) atoms. The van der Waals surface area contributed by atoms with E-state index in [9.17, 15) is 8.42 Å². The van der Waals surface area contributed by atoms with E-state index >= 15 is 0 Å². The fourth-order valence-corrected chi connectivity index (χ4v) is 3.51. The Morgan fingerprint density at radius 1 is 1.22 bits per heavy atom. The summed E-state index contributed by atoms with van der Waals surface area (Å²) in [5.41, 5.74) is 2.91. The highest BCUT2D eigenvalue weighted by molar-refractivity contribution is 7.89. The number of rotatable bonds is 5. The quantitative estimate of drug-likeness (QED) is 0.861. The fourth-order valence-electron chi connectivity index (χ4n) is 2.49. The second-order valence-corrected chi connectivity index (χ2v) is 7.05. The first kappa shape index (κ1) is 15.9. The molecule has 0 spiro atoms. The number of aryl methyl sites for hydroxylation is 1. The average Bonchev–Trinajstić information content (AvgIpc) is 2.60. The molecule has 0 bridgehead atoms. The van der Waals surface area contributed by atoms with Gasteiger partial charge in [-0.1, -0.05) is 12.1 Å². The number of aromatic nitrogens is 1. The second kappa shape index (κ2) is 6.66. The Hall–Kier alpha value is -1.96. The standard InChI is InChI=1S/C16H18N2O4S/c19-8-7-18-23(20,21)15-5-3-12(4-6-15)14-10-13-2-1-9-22-16(13)17-11-14/h3-6,10-11,18-19H,1-2,7-9H2. The minimum absolute atomic E-state index is 0.00116. The minimum atomic E-state index is -3.58. The lowest BCUT2D eigenvalue weighted by atomic mass is 10.0. The number of nitrogens with one attached hydrogen (secondary N) is 1. The molecule has 7 heteroatoms. The molecule has 0 aliphatic carbocycles. The van der Waals surface area contributed by atoms with Crippen LogP contribution in [0.5, 0.6) is 5.88 Å². The zero-order chi connectivity index (χ0) is 16.3.